The number of ether oxygens (including phenoxy) is 1. The highest BCUT2D eigenvalue weighted by Gasteiger charge is 2.18. The lowest BCUT2D eigenvalue weighted by atomic mass is 10.1. The smallest absolute Gasteiger partial charge is 0.318 e. The largest absolute Gasteiger partial charge is 0.490 e. The van der Waals surface area contributed by atoms with E-state index < -0.39 is 4.92 Å². The van der Waals surface area contributed by atoms with E-state index in [0.29, 0.717) is 11.3 Å². The summed E-state index contributed by atoms with van der Waals surface area (Å²) in [5.74, 6) is 0.650. The van der Waals surface area contributed by atoms with Gasteiger partial charge in [0.25, 0.3) is 0 Å². The molecule has 0 unspecified atom stereocenters. The van der Waals surface area contributed by atoms with Gasteiger partial charge in [0.15, 0.2) is 5.75 Å². The van der Waals surface area contributed by atoms with Gasteiger partial charge in [-0.1, -0.05) is 12.1 Å². The Morgan fingerprint density at radius 2 is 2.12 bits per heavy atom. The standard InChI is InChI=1S/C12H10ClNO3/c1-17-11-5-3-9-6-8(7-13)2-4-10(9)12(11)14(15)16/h2-6H,7H2,1H3. The lowest BCUT2D eigenvalue weighted by Gasteiger charge is -2.06. The Hall–Kier alpha value is -1.81. The molecule has 0 saturated heterocycles. The molecule has 2 rings (SSSR count). The third-order valence-electron chi connectivity index (χ3n) is 2.58. The van der Waals surface area contributed by atoms with Crippen LogP contribution in [0.1, 0.15) is 5.56 Å². The maximum atomic E-state index is 11.0. The highest BCUT2D eigenvalue weighted by Crippen LogP contribution is 2.35. The first-order chi connectivity index (χ1) is 8.17. The fraction of sp³-hybridized carbons (Fsp3) is 0.167. The average Bonchev–Trinajstić information content (AvgIpc) is 2.36. The summed E-state index contributed by atoms with van der Waals surface area (Å²) in [5.41, 5.74) is 0.921. The summed E-state index contributed by atoms with van der Waals surface area (Å²) in [7, 11) is 1.42. The van der Waals surface area contributed by atoms with E-state index in [1.165, 1.54) is 7.11 Å². The molecule has 0 spiro atoms. The minimum Gasteiger partial charge on any atom is -0.490 e. The van der Waals surface area contributed by atoms with Crippen molar-refractivity contribution in [2.24, 2.45) is 0 Å². The molecule has 88 valence electrons. The van der Waals surface area contributed by atoms with Crippen molar-refractivity contribution in [3.63, 3.8) is 0 Å². The number of nitro benzene ring substituents is 1. The number of methoxy groups -OCH3 is 1. The Balaban J connectivity index is 2.77. The van der Waals surface area contributed by atoms with Crippen molar-refractivity contribution < 1.29 is 9.66 Å². The highest BCUT2D eigenvalue weighted by atomic mass is 35.5. The van der Waals surface area contributed by atoms with Crippen molar-refractivity contribution >= 4 is 28.1 Å². The number of rotatable bonds is 3. The van der Waals surface area contributed by atoms with Gasteiger partial charge in [0, 0.05) is 5.88 Å². The van der Waals surface area contributed by atoms with E-state index >= 15 is 0 Å². The van der Waals surface area contributed by atoms with Crippen LogP contribution in [0.2, 0.25) is 0 Å². The molecular weight excluding hydrogens is 242 g/mol. The van der Waals surface area contributed by atoms with Gasteiger partial charge in [-0.05, 0) is 29.1 Å². The lowest BCUT2D eigenvalue weighted by Crippen LogP contribution is -1.95. The van der Waals surface area contributed by atoms with Crippen LogP contribution in [0.15, 0.2) is 30.3 Å². The van der Waals surface area contributed by atoms with Crippen molar-refractivity contribution in [3.05, 3.63) is 46.0 Å². The van der Waals surface area contributed by atoms with Crippen LogP contribution in [0, 0.1) is 10.1 Å². The fourth-order valence-electron chi connectivity index (χ4n) is 1.78. The van der Waals surface area contributed by atoms with Crippen LogP contribution in [-0.2, 0) is 5.88 Å². The number of hydrogen-bond acceptors (Lipinski definition) is 3. The quantitative estimate of drug-likeness (QED) is 0.477. The molecule has 0 aromatic heterocycles. The third kappa shape index (κ3) is 2.03. The molecule has 17 heavy (non-hydrogen) atoms. The molecule has 0 radical (unpaired) electrons. The van der Waals surface area contributed by atoms with Crippen molar-refractivity contribution in [2.45, 2.75) is 5.88 Å². The predicted molar refractivity (Wildman–Crippen MR) is 66.7 cm³/mol. The molecule has 0 saturated carbocycles. The minimum absolute atomic E-state index is 0.00822. The first-order valence-electron chi connectivity index (χ1n) is 4.97. The van der Waals surface area contributed by atoms with Crippen molar-refractivity contribution in [2.75, 3.05) is 7.11 Å². The molecule has 0 atom stereocenters. The second-order valence-electron chi connectivity index (χ2n) is 3.56. The van der Waals surface area contributed by atoms with Gasteiger partial charge in [-0.3, -0.25) is 10.1 Å². The molecule has 0 N–H and O–H groups in total. The molecule has 5 heteroatoms. The Morgan fingerprint density at radius 3 is 2.71 bits per heavy atom. The maximum absolute atomic E-state index is 11.0. The number of nitrogens with zero attached hydrogens (tertiary/aromatic N) is 1. The molecule has 0 aliphatic rings. The molecule has 0 aliphatic heterocycles. The Morgan fingerprint density at radius 1 is 1.35 bits per heavy atom. The summed E-state index contributed by atoms with van der Waals surface area (Å²) in [4.78, 5) is 10.6. The molecule has 0 aliphatic carbocycles. The number of alkyl halides is 1. The zero-order chi connectivity index (χ0) is 12.4. The van der Waals surface area contributed by atoms with E-state index in [1.807, 2.05) is 6.07 Å². The first kappa shape index (κ1) is 11.7. The zero-order valence-electron chi connectivity index (χ0n) is 9.14. The van der Waals surface area contributed by atoms with Gasteiger partial charge in [-0.15, -0.1) is 11.6 Å². The van der Waals surface area contributed by atoms with Crippen molar-refractivity contribution in [1.82, 2.24) is 0 Å². The summed E-state index contributed by atoms with van der Waals surface area (Å²) in [5, 5.41) is 12.4. The summed E-state index contributed by atoms with van der Waals surface area (Å²) < 4.78 is 5.00. The van der Waals surface area contributed by atoms with Crippen LogP contribution in [0.3, 0.4) is 0 Å². The molecule has 0 bridgehead atoms. The summed E-state index contributed by atoms with van der Waals surface area (Å²) in [6.07, 6.45) is 0. The lowest BCUT2D eigenvalue weighted by molar-refractivity contribution is -0.383. The second-order valence-corrected chi connectivity index (χ2v) is 3.83. The molecule has 2 aromatic carbocycles. The van der Waals surface area contributed by atoms with E-state index in [2.05, 4.69) is 0 Å². The van der Waals surface area contributed by atoms with Crippen LogP contribution < -0.4 is 4.74 Å². The van der Waals surface area contributed by atoms with Crippen molar-refractivity contribution in [1.29, 1.82) is 0 Å². The van der Waals surface area contributed by atoms with Crippen LogP contribution in [0.25, 0.3) is 10.8 Å². The van der Waals surface area contributed by atoms with E-state index in [0.717, 1.165) is 10.9 Å². The Labute approximate surface area is 103 Å². The van der Waals surface area contributed by atoms with Gasteiger partial charge in [-0.25, -0.2) is 0 Å². The van der Waals surface area contributed by atoms with E-state index in [9.17, 15) is 10.1 Å². The zero-order valence-corrected chi connectivity index (χ0v) is 9.90. The number of hydrogen-bond donors (Lipinski definition) is 0. The maximum Gasteiger partial charge on any atom is 0.318 e. The number of nitro groups is 1. The summed E-state index contributed by atoms with van der Waals surface area (Å²) in [6, 6.07) is 8.71. The first-order valence-corrected chi connectivity index (χ1v) is 5.51. The SMILES string of the molecule is COc1ccc2cc(CCl)ccc2c1[N+](=O)[O-]. The van der Waals surface area contributed by atoms with Gasteiger partial charge >= 0.3 is 5.69 Å². The molecular formula is C12H10ClNO3. The molecule has 4 nitrogen and oxygen atoms in total. The number of fused-ring (bicyclic) bond motifs is 1. The number of halogens is 1. The van der Waals surface area contributed by atoms with E-state index in [4.69, 9.17) is 16.3 Å². The highest BCUT2D eigenvalue weighted by molar-refractivity contribution is 6.17. The molecule has 0 amide bonds. The van der Waals surface area contributed by atoms with Gasteiger partial charge in [0.05, 0.1) is 17.4 Å². The normalized spacial score (nSPS) is 10.5. The second kappa shape index (κ2) is 4.59. The fourth-order valence-corrected chi connectivity index (χ4v) is 1.95. The predicted octanol–water partition coefficient (Wildman–Crippen LogP) is 3.50. The van der Waals surface area contributed by atoms with Crippen LogP contribution in [-0.4, -0.2) is 12.0 Å². The Bertz CT molecular complexity index is 583. The Kier molecular flexibility index (Phi) is 3.15. The van der Waals surface area contributed by atoms with Crippen LogP contribution in [0.4, 0.5) is 5.69 Å². The summed E-state index contributed by atoms with van der Waals surface area (Å²) in [6.45, 7) is 0. The van der Waals surface area contributed by atoms with Gasteiger partial charge in [0.2, 0.25) is 0 Å². The van der Waals surface area contributed by atoms with Gasteiger partial charge < -0.3 is 4.74 Å². The minimum atomic E-state index is -0.429. The monoisotopic (exact) mass is 251 g/mol. The van der Waals surface area contributed by atoms with Gasteiger partial charge in [-0.2, -0.15) is 0 Å². The van der Waals surface area contributed by atoms with E-state index in [1.54, 1.807) is 24.3 Å². The topological polar surface area (TPSA) is 52.4 Å². The average molecular weight is 252 g/mol. The van der Waals surface area contributed by atoms with E-state index in [-0.39, 0.29) is 11.4 Å². The molecule has 0 heterocycles. The number of benzene rings is 2. The summed E-state index contributed by atoms with van der Waals surface area (Å²) >= 11 is 5.73. The van der Waals surface area contributed by atoms with Crippen LogP contribution in [0.5, 0.6) is 5.75 Å². The van der Waals surface area contributed by atoms with Crippen molar-refractivity contribution in [3.8, 4) is 5.75 Å². The molecule has 2 aromatic rings. The van der Waals surface area contributed by atoms with Crippen LogP contribution >= 0.6 is 11.6 Å². The third-order valence-corrected chi connectivity index (χ3v) is 2.88. The van der Waals surface area contributed by atoms with Gasteiger partial charge in [0.1, 0.15) is 0 Å². The molecule has 0 fully saturated rings.